The van der Waals surface area contributed by atoms with Crippen molar-refractivity contribution < 1.29 is 14.7 Å². The molecule has 0 aromatic carbocycles. The molecule has 1 unspecified atom stereocenters. The zero-order valence-electron chi connectivity index (χ0n) is 11.3. The van der Waals surface area contributed by atoms with Gasteiger partial charge in [-0.3, -0.25) is 5.43 Å². The number of hydrogen-bond donors (Lipinski definition) is 2. The lowest BCUT2D eigenvalue weighted by Gasteiger charge is -2.32. The lowest BCUT2D eigenvalue weighted by molar-refractivity contribution is -0.142. The molecule has 2 saturated heterocycles. The van der Waals surface area contributed by atoms with Gasteiger partial charge in [0.2, 0.25) is 0 Å². The average molecular weight is 269 g/mol. The van der Waals surface area contributed by atoms with Gasteiger partial charge < -0.3 is 10.0 Å². The number of hydrazine groups is 1. The van der Waals surface area contributed by atoms with Gasteiger partial charge in [0.15, 0.2) is 0 Å². The van der Waals surface area contributed by atoms with E-state index in [0.717, 1.165) is 45.2 Å². The molecule has 6 nitrogen and oxygen atoms in total. The Bertz CT molecular complexity index is 329. The molecule has 0 aliphatic carbocycles. The quantitative estimate of drug-likeness (QED) is 0.795. The molecule has 19 heavy (non-hydrogen) atoms. The Morgan fingerprint density at radius 1 is 0.947 bits per heavy atom. The predicted octanol–water partition coefficient (Wildman–Crippen LogP) is 1.43. The van der Waals surface area contributed by atoms with Crippen LogP contribution < -0.4 is 5.43 Å². The van der Waals surface area contributed by atoms with E-state index in [1.165, 1.54) is 11.3 Å². The van der Waals surface area contributed by atoms with Crippen molar-refractivity contribution in [2.24, 2.45) is 0 Å². The number of piperidine rings is 1. The summed E-state index contributed by atoms with van der Waals surface area (Å²) >= 11 is 0. The van der Waals surface area contributed by atoms with Crippen molar-refractivity contribution in [2.75, 3.05) is 19.6 Å². The van der Waals surface area contributed by atoms with Crippen LogP contribution >= 0.6 is 0 Å². The molecule has 2 heterocycles. The molecule has 2 N–H and O–H groups in total. The van der Waals surface area contributed by atoms with Crippen molar-refractivity contribution in [1.82, 2.24) is 15.3 Å². The number of rotatable bonds is 2. The molecule has 2 aliphatic heterocycles. The molecule has 2 fully saturated rings. The Hall–Kier alpha value is -1.30. The summed E-state index contributed by atoms with van der Waals surface area (Å²) in [4.78, 5) is 25.0. The number of urea groups is 1. The van der Waals surface area contributed by atoms with Crippen LogP contribution in [0.15, 0.2) is 0 Å². The molecule has 1 atom stereocenters. The normalized spacial score (nSPS) is 25.7. The van der Waals surface area contributed by atoms with Crippen LogP contribution in [0.25, 0.3) is 0 Å². The number of carbonyl (C=O) groups is 2. The monoisotopic (exact) mass is 269 g/mol. The van der Waals surface area contributed by atoms with E-state index in [2.05, 4.69) is 5.43 Å². The van der Waals surface area contributed by atoms with Gasteiger partial charge in [-0.25, -0.2) is 14.6 Å². The van der Waals surface area contributed by atoms with E-state index in [-0.39, 0.29) is 6.03 Å². The largest absolute Gasteiger partial charge is 0.480 e. The summed E-state index contributed by atoms with van der Waals surface area (Å²) in [5.41, 5.74) is 2.86. The summed E-state index contributed by atoms with van der Waals surface area (Å²) in [6.45, 7) is 2.26. The highest BCUT2D eigenvalue weighted by Crippen LogP contribution is 2.17. The Balaban J connectivity index is 1.95. The molecule has 6 heteroatoms. The van der Waals surface area contributed by atoms with Gasteiger partial charge in [0.25, 0.3) is 0 Å². The maximum atomic E-state index is 12.2. The number of likely N-dealkylation sites (tertiary alicyclic amines) is 1. The second-order valence-corrected chi connectivity index (χ2v) is 5.36. The Morgan fingerprint density at radius 3 is 2.26 bits per heavy atom. The van der Waals surface area contributed by atoms with E-state index in [9.17, 15) is 14.7 Å². The predicted molar refractivity (Wildman–Crippen MR) is 70.6 cm³/mol. The van der Waals surface area contributed by atoms with E-state index in [1.807, 2.05) is 5.01 Å². The second kappa shape index (κ2) is 6.75. The minimum atomic E-state index is -0.893. The van der Waals surface area contributed by atoms with Crippen molar-refractivity contribution in [3.05, 3.63) is 0 Å². The number of carbonyl (C=O) groups excluding carboxylic acids is 1. The Labute approximate surface area is 113 Å². The van der Waals surface area contributed by atoms with Gasteiger partial charge in [-0.05, 0) is 25.7 Å². The fourth-order valence-corrected chi connectivity index (χ4v) is 2.81. The van der Waals surface area contributed by atoms with Crippen LogP contribution in [0.4, 0.5) is 4.79 Å². The number of carboxylic acid groups (broad SMARTS) is 1. The first-order valence-electron chi connectivity index (χ1n) is 7.23. The van der Waals surface area contributed by atoms with Crippen LogP contribution in [0, 0.1) is 0 Å². The highest BCUT2D eigenvalue weighted by Gasteiger charge is 2.31. The zero-order chi connectivity index (χ0) is 13.7. The van der Waals surface area contributed by atoms with Gasteiger partial charge in [-0.2, -0.15) is 0 Å². The van der Waals surface area contributed by atoms with Crippen molar-refractivity contribution >= 4 is 12.0 Å². The van der Waals surface area contributed by atoms with Crippen molar-refractivity contribution in [2.45, 2.75) is 51.0 Å². The van der Waals surface area contributed by atoms with E-state index in [1.54, 1.807) is 0 Å². The first-order chi connectivity index (χ1) is 9.18. The first kappa shape index (κ1) is 14.1. The molecule has 0 aromatic heterocycles. The van der Waals surface area contributed by atoms with Crippen LogP contribution in [-0.2, 0) is 4.79 Å². The first-order valence-corrected chi connectivity index (χ1v) is 7.23. The molecular formula is C13H23N3O3. The molecule has 0 bridgehead atoms. The maximum Gasteiger partial charge on any atom is 0.332 e. The van der Waals surface area contributed by atoms with Gasteiger partial charge in [0.05, 0.1) is 0 Å². The van der Waals surface area contributed by atoms with Crippen LogP contribution in [-0.4, -0.2) is 52.7 Å². The SMILES string of the molecule is O=C(O)C1CCCCCN1C(=O)NN1CCCCC1. The molecule has 2 aliphatic rings. The number of aliphatic carboxylic acids is 1. The summed E-state index contributed by atoms with van der Waals surface area (Å²) in [5, 5.41) is 11.2. The van der Waals surface area contributed by atoms with E-state index in [4.69, 9.17) is 0 Å². The third-order valence-electron chi connectivity index (χ3n) is 3.91. The minimum absolute atomic E-state index is 0.254. The number of nitrogens with one attached hydrogen (secondary N) is 1. The molecule has 0 radical (unpaired) electrons. The Kier molecular flexibility index (Phi) is 5.01. The van der Waals surface area contributed by atoms with E-state index >= 15 is 0 Å². The summed E-state index contributed by atoms with van der Waals surface area (Å²) in [7, 11) is 0. The molecule has 0 aromatic rings. The number of nitrogens with zero attached hydrogens (tertiary/aromatic N) is 2. The number of amides is 2. The van der Waals surface area contributed by atoms with Crippen molar-refractivity contribution in [3.8, 4) is 0 Å². The zero-order valence-corrected chi connectivity index (χ0v) is 11.3. The van der Waals surface area contributed by atoms with E-state index < -0.39 is 12.0 Å². The summed E-state index contributed by atoms with van der Waals surface area (Å²) in [5.74, 6) is -0.893. The smallest absolute Gasteiger partial charge is 0.332 e. The minimum Gasteiger partial charge on any atom is -0.480 e. The number of hydrogen-bond acceptors (Lipinski definition) is 3. The van der Waals surface area contributed by atoms with Gasteiger partial charge >= 0.3 is 12.0 Å². The van der Waals surface area contributed by atoms with Crippen LogP contribution in [0.2, 0.25) is 0 Å². The fraction of sp³-hybridized carbons (Fsp3) is 0.846. The molecule has 0 saturated carbocycles. The van der Waals surface area contributed by atoms with Gasteiger partial charge in [-0.1, -0.05) is 19.3 Å². The fourth-order valence-electron chi connectivity index (χ4n) is 2.81. The summed E-state index contributed by atoms with van der Waals surface area (Å²) < 4.78 is 0. The molecular weight excluding hydrogens is 246 g/mol. The van der Waals surface area contributed by atoms with Gasteiger partial charge in [-0.15, -0.1) is 0 Å². The van der Waals surface area contributed by atoms with E-state index in [0.29, 0.717) is 13.0 Å². The standard InChI is InChI=1S/C13H23N3O3/c17-12(18)11-7-3-1-6-10-16(11)13(19)14-15-8-4-2-5-9-15/h11H,1-10H2,(H,14,19)(H,17,18). The topological polar surface area (TPSA) is 72.9 Å². The highest BCUT2D eigenvalue weighted by molar-refractivity contribution is 5.82. The summed E-state index contributed by atoms with van der Waals surface area (Å²) in [6, 6.07) is -0.927. The van der Waals surface area contributed by atoms with Gasteiger partial charge in [0, 0.05) is 19.6 Å². The lowest BCUT2D eigenvalue weighted by Crippen LogP contribution is -2.55. The van der Waals surface area contributed by atoms with Crippen LogP contribution in [0.3, 0.4) is 0 Å². The third-order valence-corrected chi connectivity index (χ3v) is 3.91. The summed E-state index contributed by atoms with van der Waals surface area (Å²) in [6.07, 6.45) is 6.70. The van der Waals surface area contributed by atoms with Crippen molar-refractivity contribution in [3.63, 3.8) is 0 Å². The van der Waals surface area contributed by atoms with Crippen LogP contribution in [0.5, 0.6) is 0 Å². The molecule has 2 rings (SSSR count). The number of carboxylic acids is 1. The maximum absolute atomic E-state index is 12.2. The molecule has 108 valence electrons. The van der Waals surface area contributed by atoms with Crippen LogP contribution in [0.1, 0.15) is 44.9 Å². The average Bonchev–Trinajstić information content (AvgIpc) is 2.65. The second-order valence-electron chi connectivity index (χ2n) is 5.36. The lowest BCUT2D eigenvalue weighted by atomic mass is 10.1. The van der Waals surface area contributed by atoms with Gasteiger partial charge in [0.1, 0.15) is 6.04 Å². The van der Waals surface area contributed by atoms with Crippen molar-refractivity contribution in [1.29, 1.82) is 0 Å². The molecule has 2 amide bonds. The third kappa shape index (κ3) is 3.83. The Morgan fingerprint density at radius 2 is 1.58 bits per heavy atom. The molecule has 0 spiro atoms. The highest BCUT2D eigenvalue weighted by atomic mass is 16.4.